The molecule has 0 N–H and O–H groups in total. The van der Waals surface area contributed by atoms with E-state index >= 15 is 0 Å². The Morgan fingerprint density at radius 3 is 3.00 bits per heavy atom. The fourth-order valence-corrected chi connectivity index (χ4v) is 3.95. The Bertz CT molecular complexity index is 662. The fourth-order valence-electron chi connectivity index (χ4n) is 2.78. The van der Waals surface area contributed by atoms with Crippen molar-refractivity contribution >= 4 is 29.9 Å². The summed E-state index contributed by atoms with van der Waals surface area (Å²) < 4.78 is 0. The first-order valence-corrected chi connectivity index (χ1v) is 8.07. The molecule has 0 saturated carbocycles. The minimum absolute atomic E-state index is 0.114. The predicted molar refractivity (Wildman–Crippen MR) is 85.9 cm³/mol. The number of amides is 1. The van der Waals surface area contributed by atoms with Gasteiger partial charge in [0, 0.05) is 21.9 Å². The van der Waals surface area contributed by atoms with Crippen molar-refractivity contribution < 1.29 is 4.79 Å². The highest BCUT2D eigenvalue weighted by molar-refractivity contribution is 7.80. The molecule has 0 saturated heterocycles. The van der Waals surface area contributed by atoms with Gasteiger partial charge < -0.3 is 4.90 Å². The molecule has 1 aromatic heterocycles. The van der Waals surface area contributed by atoms with Gasteiger partial charge in [0.2, 0.25) is 0 Å². The van der Waals surface area contributed by atoms with Gasteiger partial charge in [0.05, 0.1) is 6.04 Å². The summed E-state index contributed by atoms with van der Waals surface area (Å²) in [7, 11) is 0. The van der Waals surface area contributed by atoms with Crippen LogP contribution in [-0.4, -0.2) is 17.4 Å². The maximum absolute atomic E-state index is 12.8. The largest absolute Gasteiger partial charge is 0.331 e. The number of aryl methyl sites for hydroxylation is 1. The van der Waals surface area contributed by atoms with E-state index in [1.165, 1.54) is 10.4 Å². The van der Waals surface area contributed by atoms with E-state index in [1.807, 2.05) is 30.0 Å². The van der Waals surface area contributed by atoms with Crippen LogP contribution >= 0.6 is 24.0 Å². The van der Waals surface area contributed by atoms with Crippen LogP contribution in [0.3, 0.4) is 0 Å². The van der Waals surface area contributed by atoms with Crippen molar-refractivity contribution in [3.63, 3.8) is 0 Å². The van der Waals surface area contributed by atoms with Gasteiger partial charge in [0.15, 0.2) is 0 Å². The highest BCUT2D eigenvalue weighted by Crippen LogP contribution is 2.34. The lowest BCUT2D eigenvalue weighted by Gasteiger charge is -2.34. The highest BCUT2D eigenvalue weighted by atomic mass is 32.1. The molecule has 1 atom stereocenters. The summed E-state index contributed by atoms with van der Waals surface area (Å²) >= 11 is 6.14. The first-order chi connectivity index (χ1) is 9.58. The quantitative estimate of drug-likeness (QED) is 0.786. The zero-order valence-electron chi connectivity index (χ0n) is 11.6. The van der Waals surface area contributed by atoms with Gasteiger partial charge in [-0.15, -0.1) is 24.0 Å². The zero-order valence-corrected chi connectivity index (χ0v) is 13.3. The third-order valence-corrected chi connectivity index (χ3v) is 5.26. The average Bonchev–Trinajstić information content (AvgIpc) is 2.90. The molecular weight excluding hydrogens is 286 g/mol. The van der Waals surface area contributed by atoms with Gasteiger partial charge in [-0.25, -0.2) is 0 Å². The van der Waals surface area contributed by atoms with Crippen molar-refractivity contribution in [2.45, 2.75) is 31.2 Å². The van der Waals surface area contributed by atoms with Crippen LogP contribution in [0.25, 0.3) is 0 Å². The van der Waals surface area contributed by atoms with Gasteiger partial charge in [-0.05, 0) is 55.0 Å². The summed E-state index contributed by atoms with van der Waals surface area (Å²) in [6, 6.07) is 8.05. The minimum atomic E-state index is 0.114. The van der Waals surface area contributed by atoms with E-state index in [0.717, 1.165) is 29.0 Å². The number of carbonyl (C=O) groups is 1. The lowest BCUT2D eigenvalue weighted by molar-refractivity contribution is 0.0678. The molecule has 2 aromatic rings. The average molecular weight is 303 g/mol. The number of carbonyl (C=O) groups excluding carboxylic acids is 1. The Balaban J connectivity index is 1.94. The molecular formula is C16H17NOS2. The van der Waals surface area contributed by atoms with Crippen LogP contribution in [0.1, 0.15) is 39.3 Å². The highest BCUT2D eigenvalue weighted by Gasteiger charge is 2.29. The molecule has 0 aliphatic carbocycles. The van der Waals surface area contributed by atoms with Crippen LogP contribution in [-0.2, 0) is 6.42 Å². The Labute approximate surface area is 128 Å². The normalized spacial score (nSPS) is 17.9. The monoisotopic (exact) mass is 303 g/mol. The second-order valence-electron chi connectivity index (χ2n) is 5.22. The standard InChI is InChI=1S/C16H17NOS2/c1-10-3-4-12(19)9-14(10)16(18)17-7-5-15-13(11(17)2)6-8-20-15/h3-4,6,8-9,11,19H,5,7H2,1-2H3. The van der Waals surface area contributed by atoms with E-state index in [-0.39, 0.29) is 11.9 Å². The number of nitrogens with zero attached hydrogens (tertiary/aromatic N) is 1. The number of hydrogen-bond acceptors (Lipinski definition) is 3. The van der Waals surface area contributed by atoms with E-state index in [0.29, 0.717) is 0 Å². The van der Waals surface area contributed by atoms with Gasteiger partial charge in [-0.2, -0.15) is 0 Å². The maximum Gasteiger partial charge on any atom is 0.254 e. The van der Waals surface area contributed by atoms with Crippen LogP contribution in [0, 0.1) is 6.92 Å². The number of fused-ring (bicyclic) bond motifs is 1. The van der Waals surface area contributed by atoms with Crippen LogP contribution in [0.5, 0.6) is 0 Å². The number of thiophene rings is 1. The molecule has 4 heteroatoms. The Hall–Kier alpha value is -1.26. The number of rotatable bonds is 1. The third-order valence-electron chi connectivity index (χ3n) is 3.99. The molecule has 1 amide bonds. The summed E-state index contributed by atoms with van der Waals surface area (Å²) in [5.74, 6) is 0.114. The van der Waals surface area contributed by atoms with Gasteiger partial charge in [-0.1, -0.05) is 6.07 Å². The lowest BCUT2D eigenvalue weighted by Crippen LogP contribution is -2.38. The Kier molecular flexibility index (Phi) is 3.61. The molecule has 3 rings (SSSR count). The Morgan fingerprint density at radius 2 is 2.20 bits per heavy atom. The van der Waals surface area contributed by atoms with Crippen LogP contribution in [0.15, 0.2) is 34.5 Å². The van der Waals surface area contributed by atoms with Crippen molar-refractivity contribution in [3.05, 3.63) is 51.2 Å². The van der Waals surface area contributed by atoms with Crippen LogP contribution < -0.4 is 0 Å². The number of hydrogen-bond donors (Lipinski definition) is 1. The van der Waals surface area contributed by atoms with Crippen molar-refractivity contribution in [1.82, 2.24) is 4.90 Å². The summed E-state index contributed by atoms with van der Waals surface area (Å²) in [6.45, 7) is 4.89. The smallest absolute Gasteiger partial charge is 0.254 e. The SMILES string of the molecule is Cc1ccc(S)cc1C(=O)N1CCc2sccc2C1C. The molecule has 0 fully saturated rings. The Morgan fingerprint density at radius 1 is 1.40 bits per heavy atom. The maximum atomic E-state index is 12.8. The number of benzene rings is 1. The molecule has 1 aliphatic heterocycles. The molecule has 1 aliphatic rings. The summed E-state index contributed by atoms with van der Waals surface area (Å²) in [4.78, 5) is 17.0. The zero-order chi connectivity index (χ0) is 14.3. The van der Waals surface area contributed by atoms with Crippen molar-refractivity contribution in [3.8, 4) is 0 Å². The van der Waals surface area contributed by atoms with E-state index in [1.54, 1.807) is 11.3 Å². The number of thiol groups is 1. The van der Waals surface area contributed by atoms with Gasteiger partial charge in [0.25, 0.3) is 5.91 Å². The summed E-state index contributed by atoms with van der Waals surface area (Å²) in [5, 5.41) is 2.12. The molecule has 0 spiro atoms. The van der Waals surface area contributed by atoms with E-state index in [9.17, 15) is 4.79 Å². The summed E-state index contributed by atoms with van der Waals surface area (Å²) in [6.07, 6.45) is 0.961. The molecule has 104 valence electrons. The molecule has 2 heterocycles. The van der Waals surface area contributed by atoms with Crippen molar-refractivity contribution in [2.75, 3.05) is 6.54 Å². The van der Waals surface area contributed by atoms with Crippen LogP contribution in [0.2, 0.25) is 0 Å². The second kappa shape index (κ2) is 5.26. The fraction of sp³-hybridized carbons (Fsp3) is 0.312. The first-order valence-electron chi connectivity index (χ1n) is 6.75. The molecule has 0 radical (unpaired) electrons. The van der Waals surface area contributed by atoms with Gasteiger partial charge >= 0.3 is 0 Å². The van der Waals surface area contributed by atoms with Crippen molar-refractivity contribution in [1.29, 1.82) is 0 Å². The molecule has 2 nitrogen and oxygen atoms in total. The van der Waals surface area contributed by atoms with E-state index < -0.39 is 0 Å². The first kappa shape index (κ1) is 13.7. The molecule has 1 aromatic carbocycles. The molecule has 0 bridgehead atoms. The van der Waals surface area contributed by atoms with Gasteiger partial charge in [-0.3, -0.25) is 4.79 Å². The van der Waals surface area contributed by atoms with E-state index in [4.69, 9.17) is 0 Å². The molecule has 1 unspecified atom stereocenters. The van der Waals surface area contributed by atoms with Crippen molar-refractivity contribution in [2.24, 2.45) is 0 Å². The molecule has 20 heavy (non-hydrogen) atoms. The minimum Gasteiger partial charge on any atom is -0.331 e. The van der Waals surface area contributed by atoms with Crippen LogP contribution in [0.4, 0.5) is 0 Å². The topological polar surface area (TPSA) is 20.3 Å². The predicted octanol–water partition coefficient (Wildman–Crippen LogP) is 4.10. The van der Waals surface area contributed by atoms with Gasteiger partial charge in [0.1, 0.15) is 0 Å². The van der Waals surface area contributed by atoms with E-state index in [2.05, 4.69) is 31.0 Å². The lowest BCUT2D eigenvalue weighted by atomic mass is 9.99. The third kappa shape index (κ3) is 2.27. The second-order valence-corrected chi connectivity index (χ2v) is 6.74. The summed E-state index contributed by atoms with van der Waals surface area (Å²) in [5.41, 5.74) is 3.08.